The van der Waals surface area contributed by atoms with E-state index in [1.165, 1.54) is 0 Å². The van der Waals surface area contributed by atoms with Crippen LogP contribution in [0.25, 0.3) is 0 Å². The van der Waals surface area contributed by atoms with Crippen LogP contribution in [0.1, 0.15) is 47.0 Å². The molecule has 0 aromatic rings. The summed E-state index contributed by atoms with van der Waals surface area (Å²) in [4.78, 5) is 11.2. The molecule has 6 heteroatoms. The van der Waals surface area contributed by atoms with Gasteiger partial charge in [0.15, 0.2) is 0 Å². The summed E-state index contributed by atoms with van der Waals surface area (Å²) >= 11 is 0. The summed E-state index contributed by atoms with van der Waals surface area (Å²) in [7, 11) is 0.707. The molecule has 1 aliphatic heterocycles. The zero-order chi connectivity index (χ0) is 15.1. The molecular weight excluding hydrogens is 260 g/mol. The van der Waals surface area contributed by atoms with Crippen molar-refractivity contribution in [3.8, 4) is 0 Å². The van der Waals surface area contributed by atoms with Gasteiger partial charge in [-0.2, -0.15) is 0 Å². The molecule has 1 amide bonds. The molecule has 4 nitrogen and oxygen atoms in total. The Bertz CT molecular complexity index is 424. The third-order valence-electron chi connectivity index (χ3n) is 4.62. The number of carbonyl (C=O) groups excluding carboxylic acids is 1. The quantitative estimate of drug-likeness (QED) is 0.809. The van der Waals surface area contributed by atoms with Gasteiger partial charge in [-0.3, -0.25) is 4.79 Å². The summed E-state index contributed by atoms with van der Waals surface area (Å²) in [5.74, 6) is 0.239. The summed E-state index contributed by atoms with van der Waals surface area (Å²) in [6, 6.07) is 0. The lowest BCUT2D eigenvalue weighted by molar-refractivity contribution is -0.121. The van der Waals surface area contributed by atoms with Crippen LogP contribution in [0.4, 0.5) is 4.39 Å². The third-order valence-corrected chi connectivity index (χ3v) is 4.62. The molecule has 0 atom stereocenters. The van der Waals surface area contributed by atoms with E-state index in [1.807, 2.05) is 27.7 Å². The van der Waals surface area contributed by atoms with Gasteiger partial charge in [-0.1, -0.05) is 0 Å². The van der Waals surface area contributed by atoms with E-state index in [4.69, 9.17) is 9.31 Å². The highest BCUT2D eigenvalue weighted by molar-refractivity contribution is 6.53. The number of hydrogen-bond donors (Lipinski definition) is 1. The lowest BCUT2D eigenvalue weighted by Crippen LogP contribution is -2.41. The van der Waals surface area contributed by atoms with E-state index in [2.05, 4.69) is 5.32 Å². The Morgan fingerprint density at radius 2 is 1.80 bits per heavy atom. The van der Waals surface area contributed by atoms with Crippen LogP contribution in [0.2, 0.25) is 0 Å². The van der Waals surface area contributed by atoms with E-state index in [-0.39, 0.29) is 17.6 Å². The number of hydrogen-bond acceptors (Lipinski definition) is 3. The molecule has 2 aliphatic rings. The van der Waals surface area contributed by atoms with Crippen LogP contribution in [0, 0.1) is 5.92 Å². The van der Waals surface area contributed by atoms with Crippen molar-refractivity contribution < 1.29 is 18.5 Å². The molecule has 0 spiro atoms. The van der Waals surface area contributed by atoms with E-state index >= 15 is 0 Å². The van der Waals surface area contributed by atoms with Gasteiger partial charge in [-0.15, -0.1) is 0 Å². The second kappa shape index (κ2) is 5.15. The second-order valence-electron chi connectivity index (χ2n) is 6.69. The molecule has 20 heavy (non-hydrogen) atoms. The average molecular weight is 283 g/mol. The lowest BCUT2D eigenvalue weighted by atomic mass is 9.71. The van der Waals surface area contributed by atoms with Gasteiger partial charge in [0.1, 0.15) is 5.73 Å². The normalized spacial score (nSPS) is 27.2. The van der Waals surface area contributed by atoms with Crippen LogP contribution in [0.3, 0.4) is 0 Å². The summed E-state index contributed by atoms with van der Waals surface area (Å²) in [5.41, 5.74) is -0.643. The number of allylic oxidation sites excluding steroid dienone is 1. The lowest BCUT2D eigenvalue weighted by Gasteiger charge is -2.32. The summed E-state index contributed by atoms with van der Waals surface area (Å²) in [5, 5.41) is 2.59. The van der Waals surface area contributed by atoms with Crippen molar-refractivity contribution in [1.29, 1.82) is 0 Å². The molecule has 0 bridgehead atoms. The minimum Gasteiger partial charge on any atom is -0.398 e. The number of nitrogens with one attached hydrogen (secondary N) is 1. The van der Waals surface area contributed by atoms with Crippen molar-refractivity contribution in [2.75, 3.05) is 7.05 Å². The Hall–Kier alpha value is -0.875. The maximum atomic E-state index is 14.4. The largest absolute Gasteiger partial charge is 0.525 e. The highest BCUT2D eigenvalue weighted by atomic mass is 19.1. The van der Waals surface area contributed by atoms with Gasteiger partial charge in [0, 0.05) is 13.5 Å². The van der Waals surface area contributed by atoms with Gasteiger partial charge in [-0.25, -0.2) is 4.39 Å². The van der Waals surface area contributed by atoms with Crippen molar-refractivity contribution in [3.05, 3.63) is 11.3 Å². The predicted octanol–water partition coefficient (Wildman–Crippen LogP) is 2.39. The standard InChI is InChI=1S/C14H23BFNO3/c1-13(2)14(3,4)20-15(19-13)12(16)10-6-9(7-10)8-11(18)17-5/h9H,6-8H2,1-5H3,(H,17,18). The van der Waals surface area contributed by atoms with Crippen LogP contribution in [-0.2, 0) is 14.1 Å². The second-order valence-corrected chi connectivity index (χ2v) is 6.69. The highest BCUT2D eigenvalue weighted by Gasteiger charge is 2.54. The van der Waals surface area contributed by atoms with E-state index in [1.54, 1.807) is 7.05 Å². The van der Waals surface area contributed by atoms with Crippen LogP contribution in [0.5, 0.6) is 0 Å². The van der Waals surface area contributed by atoms with Gasteiger partial charge in [0.25, 0.3) is 0 Å². The Labute approximate surface area is 120 Å². The van der Waals surface area contributed by atoms with Crippen LogP contribution in [0.15, 0.2) is 11.3 Å². The topological polar surface area (TPSA) is 47.6 Å². The molecule has 0 aromatic heterocycles. The monoisotopic (exact) mass is 283 g/mol. The van der Waals surface area contributed by atoms with Crippen molar-refractivity contribution in [2.45, 2.75) is 58.2 Å². The fourth-order valence-corrected chi connectivity index (χ4v) is 2.45. The molecular formula is C14H23BFNO3. The van der Waals surface area contributed by atoms with Gasteiger partial charge in [-0.05, 0) is 52.0 Å². The molecule has 0 aromatic carbocycles. The van der Waals surface area contributed by atoms with Gasteiger partial charge < -0.3 is 14.6 Å². The van der Waals surface area contributed by atoms with Gasteiger partial charge in [0.05, 0.1) is 11.2 Å². The average Bonchev–Trinajstić information content (AvgIpc) is 2.51. The Morgan fingerprint density at radius 1 is 1.30 bits per heavy atom. The molecule has 1 saturated heterocycles. The fraction of sp³-hybridized carbons (Fsp3) is 0.786. The minimum absolute atomic E-state index is 0.00471. The number of rotatable bonds is 3. The maximum Gasteiger partial charge on any atom is 0.525 e. The first-order valence-corrected chi connectivity index (χ1v) is 7.10. The van der Waals surface area contributed by atoms with Crippen molar-refractivity contribution in [3.63, 3.8) is 0 Å². The highest BCUT2D eigenvalue weighted by Crippen LogP contribution is 2.43. The van der Waals surface area contributed by atoms with Crippen molar-refractivity contribution in [1.82, 2.24) is 5.32 Å². The molecule has 2 rings (SSSR count). The molecule has 112 valence electrons. The molecule has 1 aliphatic carbocycles. The summed E-state index contributed by atoms with van der Waals surface area (Å²) in [6.45, 7) is 7.61. The first-order valence-electron chi connectivity index (χ1n) is 7.10. The summed E-state index contributed by atoms with van der Waals surface area (Å²) in [6.07, 6.45) is 1.68. The van der Waals surface area contributed by atoms with Crippen LogP contribution >= 0.6 is 0 Å². The number of carbonyl (C=O) groups is 1. The maximum absolute atomic E-state index is 14.4. The molecule has 0 radical (unpaired) electrons. The predicted molar refractivity (Wildman–Crippen MR) is 75.6 cm³/mol. The zero-order valence-electron chi connectivity index (χ0n) is 12.9. The van der Waals surface area contributed by atoms with E-state index in [0.29, 0.717) is 19.3 Å². The van der Waals surface area contributed by atoms with Crippen molar-refractivity contribution >= 4 is 13.0 Å². The molecule has 2 fully saturated rings. The number of halogens is 1. The molecule has 0 unspecified atom stereocenters. The van der Waals surface area contributed by atoms with E-state index in [0.717, 1.165) is 5.57 Å². The summed E-state index contributed by atoms with van der Waals surface area (Å²) < 4.78 is 25.7. The zero-order valence-corrected chi connectivity index (χ0v) is 12.9. The minimum atomic E-state index is -0.907. The number of amides is 1. The molecule has 1 saturated carbocycles. The van der Waals surface area contributed by atoms with E-state index in [9.17, 15) is 9.18 Å². The third kappa shape index (κ3) is 2.77. The van der Waals surface area contributed by atoms with Crippen LogP contribution in [-0.4, -0.2) is 31.3 Å². The molecule has 1 heterocycles. The van der Waals surface area contributed by atoms with Gasteiger partial charge in [0.2, 0.25) is 5.91 Å². The van der Waals surface area contributed by atoms with Gasteiger partial charge >= 0.3 is 7.12 Å². The van der Waals surface area contributed by atoms with Crippen LogP contribution < -0.4 is 5.32 Å². The van der Waals surface area contributed by atoms with E-state index < -0.39 is 18.3 Å². The Balaban J connectivity index is 1.96. The Kier molecular flexibility index (Phi) is 3.99. The first kappa shape index (κ1) is 15.5. The van der Waals surface area contributed by atoms with Crippen molar-refractivity contribution in [2.24, 2.45) is 5.92 Å². The SMILES string of the molecule is CNC(=O)CC1CC(=C(F)B2OC(C)(C)C(C)(C)O2)C1. The smallest absolute Gasteiger partial charge is 0.398 e. The fourth-order valence-electron chi connectivity index (χ4n) is 2.45. The first-order chi connectivity index (χ1) is 9.16. The Morgan fingerprint density at radius 3 is 2.25 bits per heavy atom. The molecule has 1 N–H and O–H groups in total.